The van der Waals surface area contributed by atoms with Crippen LogP contribution in [0.25, 0.3) is 0 Å². The fourth-order valence-electron chi connectivity index (χ4n) is 3.45. The van der Waals surface area contributed by atoms with Crippen LogP contribution >= 0.6 is 0 Å². The summed E-state index contributed by atoms with van der Waals surface area (Å²) in [7, 11) is 0. The van der Waals surface area contributed by atoms with E-state index in [4.69, 9.17) is 21.3 Å². The Labute approximate surface area is 208 Å². The first-order valence-electron chi connectivity index (χ1n) is 12.3. The molecule has 0 aliphatic carbocycles. The minimum Gasteiger partial charge on any atom is -0.494 e. The number of amides is 1. The Hall–Kier alpha value is -2.69. The highest BCUT2D eigenvalue weighted by atomic mass is 16.5. The Morgan fingerprint density at radius 3 is 2.54 bits per heavy atom. The van der Waals surface area contributed by atoms with Crippen molar-refractivity contribution in [3.63, 3.8) is 0 Å². The second-order valence-electron chi connectivity index (χ2n) is 8.55. The molecule has 1 heterocycles. The molecule has 1 aromatic carbocycles. The number of ether oxygens (including phenoxy) is 2. The van der Waals surface area contributed by atoms with E-state index in [2.05, 4.69) is 27.1 Å². The minimum atomic E-state index is -0.933. The van der Waals surface area contributed by atoms with Crippen LogP contribution in [0.3, 0.4) is 0 Å². The summed E-state index contributed by atoms with van der Waals surface area (Å²) in [6.45, 7) is 6.01. The van der Waals surface area contributed by atoms with Crippen LogP contribution in [0.15, 0.2) is 24.3 Å². The third-order valence-electron chi connectivity index (χ3n) is 5.36. The third kappa shape index (κ3) is 15.8. The summed E-state index contributed by atoms with van der Waals surface area (Å²) < 4.78 is 10.4. The van der Waals surface area contributed by atoms with Gasteiger partial charge in [-0.3, -0.25) is 19.3 Å². The summed E-state index contributed by atoms with van der Waals surface area (Å²) in [4.78, 5) is 34.6. The van der Waals surface area contributed by atoms with Crippen molar-refractivity contribution in [3.8, 4) is 5.75 Å². The zero-order valence-electron chi connectivity index (χ0n) is 20.9. The number of esters is 1. The van der Waals surface area contributed by atoms with Gasteiger partial charge in [-0.1, -0.05) is 25.0 Å². The van der Waals surface area contributed by atoms with Gasteiger partial charge >= 0.3 is 11.9 Å². The molecule has 10 heteroatoms. The molecule has 35 heavy (non-hydrogen) atoms. The maximum Gasteiger partial charge on any atom is 0.320 e. The molecular weight excluding hydrogens is 452 g/mol. The molecule has 1 saturated heterocycles. The largest absolute Gasteiger partial charge is 0.494 e. The van der Waals surface area contributed by atoms with Crippen molar-refractivity contribution in [2.24, 2.45) is 11.5 Å². The van der Waals surface area contributed by atoms with Crippen molar-refractivity contribution < 1.29 is 29.0 Å². The summed E-state index contributed by atoms with van der Waals surface area (Å²) >= 11 is 0. The second kappa shape index (κ2) is 18.6. The lowest BCUT2D eigenvalue weighted by Crippen LogP contribution is -2.30. The van der Waals surface area contributed by atoms with Crippen LogP contribution in [-0.2, 0) is 25.7 Å². The Balaban J connectivity index is 0.000000518. The van der Waals surface area contributed by atoms with E-state index in [-0.39, 0.29) is 12.5 Å². The number of carbonyl (C=O) groups excluding carboxylic acids is 2. The number of benzene rings is 1. The van der Waals surface area contributed by atoms with Crippen molar-refractivity contribution in [1.82, 2.24) is 10.2 Å². The topological polar surface area (TPSA) is 157 Å². The first kappa shape index (κ1) is 30.3. The Bertz CT molecular complexity index is 755. The van der Waals surface area contributed by atoms with Crippen LogP contribution < -0.4 is 21.5 Å². The first-order valence-corrected chi connectivity index (χ1v) is 12.3. The number of carbonyl (C=O) groups is 3. The van der Waals surface area contributed by atoms with Crippen LogP contribution in [-0.4, -0.2) is 73.3 Å². The molecule has 10 nitrogen and oxygen atoms in total. The van der Waals surface area contributed by atoms with E-state index < -0.39 is 18.0 Å². The molecule has 0 radical (unpaired) electrons. The molecule has 0 saturated carbocycles. The average Bonchev–Trinajstić information content (AvgIpc) is 2.84. The van der Waals surface area contributed by atoms with Crippen molar-refractivity contribution in [1.29, 1.82) is 0 Å². The predicted molar refractivity (Wildman–Crippen MR) is 134 cm³/mol. The normalized spacial score (nSPS) is 14.3. The number of piperidine rings is 1. The lowest BCUT2D eigenvalue weighted by Gasteiger charge is -2.26. The number of nitrogens with zero attached hydrogens (tertiary/aromatic N) is 1. The summed E-state index contributed by atoms with van der Waals surface area (Å²) in [6, 6.07) is 7.49. The number of unbranched alkanes of at least 4 members (excludes halogenated alkanes) is 1. The molecule has 0 bridgehead atoms. The van der Waals surface area contributed by atoms with E-state index in [1.807, 2.05) is 12.1 Å². The van der Waals surface area contributed by atoms with E-state index in [0.717, 1.165) is 25.1 Å². The van der Waals surface area contributed by atoms with Gasteiger partial charge in [0.1, 0.15) is 11.8 Å². The standard InChI is InChI=1S/C19H28N2O4.C6H14N2O2/c1-16(22)25-15-19(23)20-9-6-12-24-18-8-5-7-17(13-18)14-21-10-3-2-4-11-21;7-4-2-1-3-5(8)6(9)10/h5,7-8,13H,2-4,6,9-12,14-15H2,1H3,(H,20,23);5H,1-4,7-8H2,(H,9,10). The van der Waals surface area contributed by atoms with E-state index >= 15 is 0 Å². The number of carboxylic acid groups (broad SMARTS) is 1. The molecule has 2 rings (SSSR count). The minimum absolute atomic E-state index is 0.227. The zero-order valence-corrected chi connectivity index (χ0v) is 20.9. The van der Waals surface area contributed by atoms with Crippen LogP contribution in [0.1, 0.15) is 57.4 Å². The lowest BCUT2D eigenvalue weighted by atomic mass is 10.1. The van der Waals surface area contributed by atoms with E-state index in [9.17, 15) is 14.4 Å². The fourth-order valence-corrected chi connectivity index (χ4v) is 3.45. The fraction of sp³-hybridized carbons (Fsp3) is 0.640. The molecule has 0 aromatic heterocycles. The van der Waals surface area contributed by atoms with E-state index in [1.165, 1.54) is 44.8 Å². The van der Waals surface area contributed by atoms with Gasteiger partial charge in [0.15, 0.2) is 6.61 Å². The highest BCUT2D eigenvalue weighted by Gasteiger charge is 2.11. The lowest BCUT2D eigenvalue weighted by molar-refractivity contribution is -0.146. The molecule has 0 spiro atoms. The maximum absolute atomic E-state index is 11.4. The summed E-state index contributed by atoms with van der Waals surface area (Å²) in [5, 5.41) is 11.0. The van der Waals surface area contributed by atoms with Gasteiger partial charge in [-0.15, -0.1) is 0 Å². The molecule has 1 fully saturated rings. The van der Waals surface area contributed by atoms with Gasteiger partial charge in [0.25, 0.3) is 5.91 Å². The van der Waals surface area contributed by atoms with Gasteiger partial charge in [0.2, 0.25) is 0 Å². The first-order chi connectivity index (χ1) is 16.8. The molecule has 6 N–H and O–H groups in total. The number of rotatable bonds is 14. The zero-order chi connectivity index (χ0) is 25.9. The Morgan fingerprint density at radius 2 is 1.89 bits per heavy atom. The van der Waals surface area contributed by atoms with Gasteiger partial charge < -0.3 is 31.4 Å². The van der Waals surface area contributed by atoms with Gasteiger partial charge in [-0.05, 0) is 69.4 Å². The van der Waals surface area contributed by atoms with Gasteiger partial charge in [0, 0.05) is 20.0 Å². The molecule has 1 aliphatic rings. The van der Waals surface area contributed by atoms with E-state index in [1.54, 1.807) is 0 Å². The number of aliphatic carboxylic acids is 1. The number of hydrogen-bond donors (Lipinski definition) is 4. The molecular formula is C25H42N4O6. The van der Waals surface area contributed by atoms with Crippen LogP contribution in [0, 0.1) is 0 Å². The van der Waals surface area contributed by atoms with Gasteiger partial charge in [-0.2, -0.15) is 0 Å². The Kier molecular flexibility index (Phi) is 16.1. The molecule has 1 aliphatic heterocycles. The van der Waals surface area contributed by atoms with E-state index in [0.29, 0.717) is 32.5 Å². The highest BCUT2D eigenvalue weighted by Crippen LogP contribution is 2.17. The predicted octanol–water partition coefficient (Wildman–Crippen LogP) is 1.65. The van der Waals surface area contributed by atoms with Gasteiger partial charge in [0.05, 0.1) is 6.61 Å². The van der Waals surface area contributed by atoms with Crippen LogP contribution in [0.2, 0.25) is 0 Å². The number of nitrogens with two attached hydrogens (primary N) is 2. The van der Waals surface area contributed by atoms with Gasteiger partial charge in [-0.25, -0.2) is 0 Å². The maximum atomic E-state index is 11.4. The summed E-state index contributed by atoms with van der Waals surface area (Å²) in [5.41, 5.74) is 11.7. The van der Waals surface area contributed by atoms with Crippen molar-refractivity contribution in [3.05, 3.63) is 29.8 Å². The molecule has 1 aromatic rings. The molecule has 198 valence electrons. The second-order valence-corrected chi connectivity index (χ2v) is 8.55. The Morgan fingerprint density at radius 1 is 1.14 bits per heavy atom. The average molecular weight is 495 g/mol. The van der Waals surface area contributed by atoms with Crippen LogP contribution in [0.4, 0.5) is 0 Å². The number of likely N-dealkylation sites (tertiary alicyclic amines) is 1. The SMILES string of the molecule is CC(=O)OCC(=O)NCCCOc1cccc(CN2CCCCC2)c1.NCCCCC(N)C(=O)O. The monoisotopic (exact) mass is 494 g/mol. The number of hydrogen-bond acceptors (Lipinski definition) is 8. The third-order valence-corrected chi connectivity index (χ3v) is 5.36. The smallest absolute Gasteiger partial charge is 0.320 e. The van der Waals surface area contributed by atoms with Crippen molar-refractivity contribution in [2.45, 2.75) is 64.5 Å². The quantitative estimate of drug-likeness (QED) is 0.223. The number of carboxylic acids is 1. The van der Waals surface area contributed by atoms with Crippen molar-refractivity contribution >= 4 is 17.8 Å². The van der Waals surface area contributed by atoms with Crippen LogP contribution in [0.5, 0.6) is 5.75 Å². The molecule has 1 amide bonds. The number of nitrogens with one attached hydrogen (secondary N) is 1. The summed E-state index contributed by atoms with van der Waals surface area (Å²) in [6.07, 6.45) is 6.79. The molecule has 1 unspecified atom stereocenters. The van der Waals surface area contributed by atoms with Crippen molar-refractivity contribution in [2.75, 3.05) is 39.4 Å². The summed E-state index contributed by atoms with van der Waals surface area (Å²) in [5.74, 6) is -0.820. The molecule has 1 atom stereocenters. The highest BCUT2D eigenvalue weighted by molar-refractivity contribution is 5.79.